The van der Waals surface area contributed by atoms with Gasteiger partial charge in [-0.15, -0.1) is 0 Å². The summed E-state index contributed by atoms with van der Waals surface area (Å²) in [5.74, 6) is -1.89. The van der Waals surface area contributed by atoms with Gasteiger partial charge in [0.2, 0.25) is 0 Å². The normalized spacial score (nSPS) is 15.3. The van der Waals surface area contributed by atoms with Crippen LogP contribution in [0.5, 0.6) is 0 Å². The van der Waals surface area contributed by atoms with Gasteiger partial charge in [-0.3, -0.25) is 14.9 Å². The lowest BCUT2D eigenvalue weighted by Gasteiger charge is -2.29. The van der Waals surface area contributed by atoms with Crippen LogP contribution in [0, 0.1) is 12.7 Å². The second-order valence-electron chi connectivity index (χ2n) is 8.13. The summed E-state index contributed by atoms with van der Waals surface area (Å²) in [4.78, 5) is 27.1. The van der Waals surface area contributed by atoms with E-state index in [1.165, 1.54) is 23.8 Å². The van der Waals surface area contributed by atoms with Gasteiger partial charge in [-0.05, 0) is 49.0 Å². The molecule has 168 valence electrons. The molecule has 2 heterocycles. The molecule has 3 aromatic carbocycles. The van der Waals surface area contributed by atoms with Crippen molar-refractivity contribution in [3.63, 3.8) is 0 Å². The Balaban J connectivity index is 1.58. The standard InChI is InChI=1S/C27H20FN3O2S/c1-17-7-6-8-18(13-17)15-30-16-19(20-9-2-4-11-23(20)30)14-21-25(32)29-27(34)31(26(21)33)24-12-5-3-10-22(24)28/h2-14,16H,15H2,1H3,(H,29,32,34)/b21-14+. The quantitative estimate of drug-likeness (QED) is 0.261. The number of carbonyl (C=O) groups excluding carboxylic acids is 2. The second kappa shape index (κ2) is 8.68. The number of carbonyl (C=O) groups is 2. The first-order chi connectivity index (χ1) is 16.4. The summed E-state index contributed by atoms with van der Waals surface area (Å²) in [6, 6.07) is 21.9. The number of aryl methyl sites for hydroxylation is 1. The molecule has 2 amide bonds. The third-order valence-electron chi connectivity index (χ3n) is 5.75. The lowest BCUT2D eigenvalue weighted by atomic mass is 10.1. The predicted octanol–water partition coefficient (Wildman–Crippen LogP) is 4.97. The molecule has 4 aromatic rings. The number of nitrogens with zero attached hydrogens (tertiary/aromatic N) is 2. The SMILES string of the molecule is Cc1cccc(Cn2cc(/C=C3\C(=O)NC(=S)N(c4ccccc4F)C3=O)c3ccccc32)c1. The van der Waals surface area contributed by atoms with Gasteiger partial charge in [0.15, 0.2) is 5.11 Å². The Morgan fingerprint density at radius 2 is 1.76 bits per heavy atom. The van der Waals surface area contributed by atoms with Gasteiger partial charge in [0.05, 0.1) is 5.69 Å². The molecule has 0 atom stereocenters. The van der Waals surface area contributed by atoms with E-state index in [0.717, 1.165) is 21.4 Å². The first kappa shape index (κ1) is 21.7. The van der Waals surface area contributed by atoms with Crippen molar-refractivity contribution in [1.82, 2.24) is 9.88 Å². The van der Waals surface area contributed by atoms with Gasteiger partial charge < -0.3 is 4.57 Å². The average molecular weight is 470 g/mol. The minimum absolute atomic E-state index is 0.00900. The van der Waals surface area contributed by atoms with Crippen LogP contribution in [-0.4, -0.2) is 21.5 Å². The van der Waals surface area contributed by atoms with Gasteiger partial charge in [-0.2, -0.15) is 0 Å². The molecular formula is C27H20FN3O2S. The molecule has 5 nitrogen and oxygen atoms in total. The molecule has 34 heavy (non-hydrogen) atoms. The first-order valence-electron chi connectivity index (χ1n) is 10.7. The van der Waals surface area contributed by atoms with E-state index in [1.807, 2.05) is 49.5 Å². The zero-order valence-corrected chi connectivity index (χ0v) is 19.1. The molecule has 0 aliphatic carbocycles. The largest absolute Gasteiger partial charge is 0.342 e. The number of para-hydroxylation sites is 2. The topological polar surface area (TPSA) is 54.3 Å². The summed E-state index contributed by atoms with van der Waals surface area (Å²) in [6.45, 7) is 2.68. The van der Waals surface area contributed by atoms with Gasteiger partial charge in [0.25, 0.3) is 11.8 Å². The van der Waals surface area contributed by atoms with Crippen LogP contribution in [0.2, 0.25) is 0 Å². The number of amides is 2. The number of anilines is 1. The van der Waals surface area contributed by atoms with Gasteiger partial charge in [-0.1, -0.05) is 60.2 Å². The molecule has 7 heteroatoms. The number of aromatic nitrogens is 1. The summed E-state index contributed by atoms with van der Waals surface area (Å²) in [6.07, 6.45) is 3.46. The Hall–Kier alpha value is -4.10. The average Bonchev–Trinajstić information content (AvgIpc) is 3.15. The monoisotopic (exact) mass is 469 g/mol. The van der Waals surface area contributed by atoms with E-state index < -0.39 is 17.6 Å². The summed E-state index contributed by atoms with van der Waals surface area (Å²) in [5.41, 5.74) is 3.87. The maximum Gasteiger partial charge on any atom is 0.270 e. The van der Waals surface area contributed by atoms with Crippen LogP contribution in [-0.2, 0) is 16.1 Å². The van der Waals surface area contributed by atoms with Crippen molar-refractivity contribution in [3.8, 4) is 0 Å². The number of nitrogens with one attached hydrogen (secondary N) is 1. The third kappa shape index (κ3) is 3.91. The molecule has 5 rings (SSSR count). The van der Waals surface area contributed by atoms with E-state index in [0.29, 0.717) is 12.1 Å². The van der Waals surface area contributed by atoms with Crippen LogP contribution < -0.4 is 10.2 Å². The van der Waals surface area contributed by atoms with Gasteiger partial charge in [-0.25, -0.2) is 9.29 Å². The Morgan fingerprint density at radius 3 is 2.56 bits per heavy atom. The molecule has 1 N–H and O–H groups in total. The van der Waals surface area contributed by atoms with Gasteiger partial charge in [0, 0.05) is 29.2 Å². The summed E-state index contributed by atoms with van der Waals surface area (Å²) < 4.78 is 16.5. The molecular weight excluding hydrogens is 449 g/mol. The predicted molar refractivity (Wildman–Crippen MR) is 135 cm³/mol. The van der Waals surface area contributed by atoms with E-state index >= 15 is 0 Å². The summed E-state index contributed by atoms with van der Waals surface area (Å²) >= 11 is 5.18. The van der Waals surface area contributed by atoms with Gasteiger partial charge in [0.1, 0.15) is 11.4 Å². The highest BCUT2D eigenvalue weighted by atomic mass is 32.1. The van der Waals surface area contributed by atoms with E-state index in [2.05, 4.69) is 22.0 Å². The van der Waals surface area contributed by atoms with Crippen LogP contribution in [0.25, 0.3) is 17.0 Å². The van der Waals surface area contributed by atoms with Crippen molar-refractivity contribution in [2.75, 3.05) is 4.90 Å². The number of fused-ring (bicyclic) bond motifs is 1. The number of rotatable bonds is 4. The van der Waals surface area contributed by atoms with E-state index in [-0.39, 0.29) is 16.4 Å². The molecule has 1 aliphatic rings. The molecule has 1 saturated heterocycles. The Bertz CT molecular complexity index is 1500. The molecule has 0 saturated carbocycles. The molecule has 0 radical (unpaired) electrons. The highest BCUT2D eigenvalue weighted by Crippen LogP contribution is 2.28. The Morgan fingerprint density at radius 1 is 1.00 bits per heavy atom. The van der Waals surface area contributed by atoms with Crippen molar-refractivity contribution in [2.45, 2.75) is 13.5 Å². The summed E-state index contributed by atoms with van der Waals surface area (Å²) in [5, 5.41) is 3.26. The molecule has 0 bridgehead atoms. The Kier molecular flexibility index (Phi) is 5.55. The van der Waals surface area contributed by atoms with E-state index in [4.69, 9.17) is 12.2 Å². The zero-order valence-electron chi connectivity index (χ0n) is 18.3. The number of thiocarbonyl (C=S) groups is 1. The third-order valence-corrected chi connectivity index (χ3v) is 6.03. The Labute approximate surface area is 201 Å². The molecule has 0 unspecified atom stereocenters. The molecule has 1 aliphatic heterocycles. The second-order valence-corrected chi connectivity index (χ2v) is 8.51. The molecule has 0 spiro atoms. The van der Waals surface area contributed by atoms with Crippen molar-refractivity contribution >= 4 is 51.8 Å². The maximum absolute atomic E-state index is 14.4. The zero-order chi connectivity index (χ0) is 23.8. The van der Waals surface area contributed by atoms with Crippen LogP contribution in [0.4, 0.5) is 10.1 Å². The number of hydrogen-bond donors (Lipinski definition) is 1. The number of halogens is 1. The van der Waals surface area contributed by atoms with Crippen molar-refractivity contribution in [3.05, 3.63) is 107 Å². The van der Waals surface area contributed by atoms with Gasteiger partial charge >= 0.3 is 0 Å². The molecule has 1 aromatic heterocycles. The highest BCUT2D eigenvalue weighted by molar-refractivity contribution is 7.80. The first-order valence-corrected chi connectivity index (χ1v) is 11.1. The fourth-order valence-corrected chi connectivity index (χ4v) is 4.47. The van der Waals surface area contributed by atoms with E-state index in [9.17, 15) is 14.0 Å². The minimum atomic E-state index is -0.672. The van der Waals surface area contributed by atoms with Crippen molar-refractivity contribution < 1.29 is 14.0 Å². The number of hydrogen-bond acceptors (Lipinski definition) is 3. The molecule has 1 fully saturated rings. The lowest BCUT2D eigenvalue weighted by molar-refractivity contribution is -0.122. The maximum atomic E-state index is 14.4. The smallest absolute Gasteiger partial charge is 0.270 e. The lowest BCUT2D eigenvalue weighted by Crippen LogP contribution is -2.54. The fourth-order valence-electron chi connectivity index (χ4n) is 4.19. The van der Waals surface area contributed by atoms with Crippen LogP contribution in [0.1, 0.15) is 16.7 Å². The number of benzene rings is 3. The van der Waals surface area contributed by atoms with Crippen LogP contribution in [0.3, 0.4) is 0 Å². The highest BCUT2D eigenvalue weighted by Gasteiger charge is 2.35. The summed E-state index contributed by atoms with van der Waals surface area (Å²) in [7, 11) is 0. The van der Waals surface area contributed by atoms with Crippen LogP contribution in [0.15, 0.2) is 84.6 Å². The van der Waals surface area contributed by atoms with Crippen LogP contribution >= 0.6 is 12.2 Å². The minimum Gasteiger partial charge on any atom is -0.342 e. The van der Waals surface area contributed by atoms with E-state index in [1.54, 1.807) is 12.1 Å². The van der Waals surface area contributed by atoms with Crippen molar-refractivity contribution in [2.24, 2.45) is 0 Å². The fraction of sp³-hybridized carbons (Fsp3) is 0.0741. The van der Waals surface area contributed by atoms with Crippen molar-refractivity contribution in [1.29, 1.82) is 0 Å².